The van der Waals surface area contributed by atoms with Crippen LogP contribution in [0.4, 0.5) is 15.4 Å². The number of anilines is 1. The number of hydrogen-bond donors (Lipinski definition) is 2. The van der Waals surface area contributed by atoms with Crippen LogP contribution in [0.2, 0.25) is 25.7 Å². The van der Waals surface area contributed by atoms with Gasteiger partial charge in [0.15, 0.2) is 5.82 Å². The van der Waals surface area contributed by atoms with Crippen LogP contribution in [0.1, 0.15) is 116 Å². The zero-order valence-electron chi connectivity index (χ0n) is 34.3. The second kappa shape index (κ2) is 21.4. The summed E-state index contributed by atoms with van der Waals surface area (Å²) in [6.07, 6.45) is 6.29. The molecule has 0 radical (unpaired) electrons. The molecule has 0 spiro atoms. The summed E-state index contributed by atoms with van der Waals surface area (Å²) >= 11 is 0. The molecule has 16 heteroatoms. The molecule has 3 rings (SSSR count). The highest BCUT2D eigenvalue weighted by atomic mass is 28.3. The standard InChI is InChI=1S/C37H63N5O8Si.CH2O2/c1-11-12-23-48-33-38-28-27(19-15-13-16-20-40-21-17-14-18-22-40)29(32(43)44)41(26-47-24-25-51(8,9)10)30(28)31(39-33)42(34(45)49-36(2,3)4)35(46)50-37(5,6)7;2-1-3/h11-26H2,1-10H3,(H,43,44);1H,(H,2,3). The van der Waals surface area contributed by atoms with Crippen molar-refractivity contribution >= 4 is 49.6 Å². The highest BCUT2D eigenvalue weighted by Gasteiger charge is 2.38. The zero-order chi connectivity index (χ0) is 40.7. The predicted molar refractivity (Wildman–Crippen MR) is 210 cm³/mol. The quantitative estimate of drug-likeness (QED) is 0.0891. The van der Waals surface area contributed by atoms with E-state index in [1.165, 1.54) is 23.8 Å². The van der Waals surface area contributed by atoms with Gasteiger partial charge in [-0.1, -0.05) is 45.8 Å². The first-order valence-corrected chi connectivity index (χ1v) is 22.9. The number of aryl methyl sites for hydroxylation is 1. The van der Waals surface area contributed by atoms with Crippen LogP contribution in [0.15, 0.2) is 0 Å². The maximum atomic E-state index is 13.9. The Morgan fingerprint density at radius 1 is 0.889 bits per heavy atom. The molecule has 306 valence electrons. The molecule has 0 bridgehead atoms. The molecule has 1 aliphatic heterocycles. The van der Waals surface area contributed by atoms with Crippen molar-refractivity contribution in [2.24, 2.45) is 0 Å². The van der Waals surface area contributed by atoms with Gasteiger partial charge in [0.05, 0.1) is 6.61 Å². The number of carboxylic acid groups (broad SMARTS) is 2. The molecule has 2 aromatic rings. The molecule has 54 heavy (non-hydrogen) atoms. The number of piperidine rings is 1. The lowest BCUT2D eigenvalue weighted by Gasteiger charge is -2.28. The summed E-state index contributed by atoms with van der Waals surface area (Å²) in [7, 11) is -1.47. The summed E-state index contributed by atoms with van der Waals surface area (Å²) in [6, 6.07) is 0.780. The van der Waals surface area contributed by atoms with Gasteiger partial charge in [-0.25, -0.2) is 14.4 Å². The van der Waals surface area contributed by atoms with Gasteiger partial charge in [-0.3, -0.25) is 4.79 Å². The number of amides is 2. The fraction of sp³-hybridized carbons (Fsp3) is 0.737. The summed E-state index contributed by atoms with van der Waals surface area (Å²) in [4.78, 5) is 62.0. The largest absolute Gasteiger partial charge is 0.483 e. The van der Waals surface area contributed by atoms with Crippen molar-refractivity contribution in [2.45, 2.75) is 150 Å². The highest BCUT2D eigenvalue weighted by Crippen LogP contribution is 2.36. The number of nitrogens with zero attached hydrogens (tertiary/aromatic N) is 5. The van der Waals surface area contributed by atoms with Crippen molar-refractivity contribution in [1.82, 2.24) is 19.4 Å². The van der Waals surface area contributed by atoms with Gasteiger partial charge in [0, 0.05) is 20.2 Å². The fourth-order valence-corrected chi connectivity index (χ4v) is 6.56. The van der Waals surface area contributed by atoms with Crippen LogP contribution in [0.5, 0.6) is 6.01 Å². The van der Waals surface area contributed by atoms with E-state index in [-0.39, 0.29) is 41.8 Å². The number of carbonyl (C=O) groups excluding carboxylic acids is 2. The number of fused-ring (bicyclic) bond motifs is 1. The van der Waals surface area contributed by atoms with E-state index in [1.807, 2.05) is 6.92 Å². The van der Waals surface area contributed by atoms with Gasteiger partial charge in [-0.15, -0.1) is 0 Å². The molecule has 2 amide bonds. The average molecular weight is 780 g/mol. The van der Waals surface area contributed by atoms with Crippen LogP contribution < -0.4 is 9.64 Å². The summed E-state index contributed by atoms with van der Waals surface area (Å²) in [5.74, 6) is -1.37. The average Bonchev–Trinajstić information content (AvgIpc) is 3.35. The van der Waals surface area contributed by atoms with Crippen molar-refractivity contribution in [1.29, 1.82) is 0 Å². The Labute approximate surface area is 321 Å². The van der Waals surface area contributed by atoms with Crippen molar-refractivity contribution in [3.05, 3.63) is 11.3 Å². The van der Waals surface area contributed by atoms with E-state index in [0.29, 0.717) is 25.2 Å². The third-order valence-electron chi connectivity index (χ3n) is 8.32. The summed E-state index contributed by atoms with van der Waals surface area (Å²) < 4.78 is 25.0. The lowest BCUT2D eigenvalue weighted by atomic mass is 10.1. The SMILES string of the molecule is CCCCOc1nc(N(C(=O)OC(C)(C)C)C(=O)OC(C)(C)C)c2c(n1)c(CCCCCN1CCCCC1)c(C(=O)O)n2COCC[Si](C)(C)C.O=CO. The van der Waals surface area contributed by atoms with Gasteiger partial charge < -0.3 is 38.6 Å². The van der Waals surface area contributed by atoms with Crippen molar-refractivity contribution in [3.8, 4) is 6.01 Å². The van der Waals surface area contributed by atoms with Crippen LogP contribution in [-0.2, 0) is 32.2 Å². The van der Waals surface area contributed by atoms with Crippen molar-refractivity contribution in [2.75, 3.05) is 37.7 Å². The lowest BCUT2D eigenvalue weighted by Crippen LogP contribution is -2.44. The molecule has 2 N–H and O–H groups in total. The van der Waals surface area contributed by atoms with Crippen molar-refractivity contribution < 1.29 is 48.3 Å². The van der Waals surface area contributed by atoms with E-state index in [1.54, 1.807) is 41.5 Å². The Morgan fingerprint density at radius 3 is 2.00 bits per heavy atom. The van der Waals surface area contributed by atoms with E-state index in [4.69, 9.17) is 33.8 Å². The monoisotopic (exact) mass is 779 g/mol. The number of carbonyl (C=O) groups is 4. The fourth-order valence-electron chi connectivity index (χ4n) is 5.80. The van der Waals surface area contributed by atoms with Gasteiger partial charge in [0.2, 0.25) is 0 Å². The molecular formula is C38H65N5O10Si. The maximum absolute atomic E-state index is 13.9. The summed E-state index contributed by atoms with van der Waals surface area (Å²) in [5, 5.41) is 17.6. The number of aromatic nitrogens is 3. The molecule has 2 aromatic heterocycles. The first-order valence-electron chi connectivity index (χ1n) is 19.2. The van der Waals surface area contributed by atoms with Gasteiger partial charge in [-0.05, 0) is 106 Å². The van der Waals surface area contributed by atoms with E-state index >= 15 is 0 Å². The Kier molecular flexibility index (Phi) is 18.3. The normalized spacial score (nSPS) is 13.9. The molecular weight excluding hydrogens is 715 g/mol. The van der Waals surface area contributed by atoms with E-state index in [0.717, 1.165) is 62.7 Å². The highest BCUT2D eigenvalue weighted by molar-refractivity contribution is 6.76. The second-order valence-corrected chi connectivity index (χ2v) is 22.4. The second-order valence-electron chi connectivity index (χ2n) is 16.8. The number of likely N-dealkylation sites (tertiary alicyclic amines) is 1. The van der Waals surface area contributed by atoms with E-state index in [9.17, 15) is 19.5 Å². The van der Waals surface area contributed by atoms with E-state index in [2.05, 4.69) is 29.5 Å². The smallest absolute Gasteiger partial charge is 0.425 e. The number of hydrogen-bond acceptors (Lipinski definition) is 11. The molecule has 1 saturated heterocycles. The minimum Gasteiger partial charge on any atom is -0.483 e. The first kappa shape index (κ1) is 46.4. The molecule has 0 aromatic carbocycles. The number of rotatable bonds is 17. The molecule has 0 atom stereocenters. The molecule has 1 fully saturated rings. The van der Waals surface area contributed by atoms with Crippen molar-refractivity contribution in [3.63, 3.8) is 0 Å². The van der Waals surface area contributed by atoms with Gasteiger partial charge in [-0.2, -0.15) is 14.9 Å². The molecule has 1 aliphatic rings. The maximum Gasteiger partial charge on any atom is 0.425 e. The zero-order valence-corrected chi connectivity index (χ0v) is 35.3. The third kappa shape index (κ3) is 15.5. The van der Waals surface area contributed by atoms with Gasteiger partial charge in [0.25, 0.3) is 6.47 Å². The van der Waals surface area contributed by atoms with Crippen LogP contribution in [0.25, 0.3) is 11.0 Å². The lowest BCUT2D eigenvalue weighted by molar-refractivity contribution is -0.122. The minimum atomic E-state index is -1.47. The molecule has 0 aliphatic carbocycles. The number of unbranched alkanes of at least 4 members (excludes halogenated alkanes) is 3. The summed E-state index contributed by atoms with van der Waals surface area (Å²) in [5.41, 5.74) is -1.06. The number of aromatic carboxylic acids is 1. The first-order chi connectivity index (χ1) is 25.2. The molecule has 0 saturated carbocycles. The topological polar surface area (TPSA) is 183 Å². The van der Waals surface area contributed by atoms with E-state index < -0.39 is 37.4 Å². The minimum absolute atomic E-state index is 0.0244. The Morgan fingerprint density at radius 2 is 1.48 bits per heavy atom. The number of ether oxygens (including phenoxy) is 4. The molecule has 0 unspecified atom stereocenters. The van der Waals surface area contributed by atoms with Gasteiger partial charge in [0.1, 0.15) is 34.7 Å². The Balaban J connectivity index is 0.00000325. The predicted octanol–water partition coefficient (Wildman–Crippen LogP) is 8.20. The molecule has 3 heterocycles. The Hall–Kier alpha value is -3.76. The number of carboxylic acids is 1. The molecule has 15 nitrogen and oxygen atoms in total. The van der Waals surface area contributed by atoms with Crippen LogP contribution in [-0.4, -0.2) is 106 Å². The van der Waals surface area contributed by atoms with Gasteiger partial charge >= 0.3 is 24.2 Å². The van der Waals surface area contributed by atoms with Crippen LogP contribution in [0, 0.1) is 0 Å². The Bertz CT molecular complexity index is 1490. The van der Waals surface area contributed by atoms with Crippen LogP contribution in [0.3, 0.4) is 0 Å². The summed E-state index contributed by atoms with van der Waals surface area (Å²) in [6.45, 7) is 22.4. The van der Waals surface area contributed by atoms with Crippen LogP contribution >= 0.6 is 0 Å². The third-order valence-corrected chi connectivity index (χ3v) is 10.0. The number of imide groups is 1.